The SMILES string of the molecule is NC(=O)c1ccn[nH]1.O. The van der Waals surface area contributed by atoms with E-state index in [9.17, 15) is 4.79 Å². The van der Waals surface area contributed by atoms with Crippen LogP contribution in [0, 0.1) is 0 Å². The minimum Gasteiger partial charge on any atom is -0.412 e. The van der Waals surface area contributed by atoms with Crippen LogP contribution in [0.25, 0.3) is 0 Å². The fraction of sp³-hybridized carbons (Fsp3) is 0. The first kappa shape index (κ1) is 7.64. The van der Waals surface area contributed by atoms with Crippen LogP contribution in [0.15, 0.2) is 12.3 Å². The highest BCUT2D eigenvalue weighted by molar-refractivity contribution is 5.90. The van der Waals surface area contributed by atoms with Crippen molar-refractivity contribution in [1.29, 1.82) is 0 Å². The van der Waals surface area contributed by atoms with Crippen molar-refractivity contribution in [1.82, 2.24) is 10.2 Å². The first-order valence-corrected chi connectivity index (χ1v) is 2.10. The third kappa shape index (κ3) is 1.54. The Morgan fingerprint density at radius 1 is 1.78 bits per heavy atom. The number of primary amides is 1. The molecular formula is C4H7N3O2. The monoisotopic (exact) mass is 129 g/mol. The summed E-state index contributed by atoms with van der Waals surface area (Å²) in [5, 5.41) is 5.93. The highest BCUT2D eigenvalue weighted by Gasteiger charge is 1.96. The first-order chi connectivity index (χ1) is 3.80. The Morgan fingerprint density at radius 2 is 2.44 bits per heavy atom. The van der Waals surface area contributed by atoms with Crippen LogP contribution in [0.5, 0.6) is 0 Å². The van der Waals surface area contributed by atoms with Gasteiger partial charge in [-0.25, -0.2) is 0 Å². The number of carbonyl (C=O) groups excluding carboxylic acids is 1. The fourth-order valence-corrected chi connectivity index (χ4v) is 0.393. The molecule has 0 aliphatic heterocycles. The maximum atomic E-state index is 10.2. The van der Waals surface area contributed by atoms with Crippen molar-refractivity contribution >= 4 is 5.91 Å². The van der Waals surface area contributed by atoms with Crippen LogP contribution in [0.1, 0.15) is 10.5 Å². The normalized spacial score (nSPS) is 8.00. The van der Waals surface area contributed by atoms with Gasteiger partial charge in [0.25, 0.3) is 5.91 Å². The van der Waals surface area contributed by atoms with Crippen LogP contribution in [-0.2, 0) is 0 Å². The van der Waals surface area contributed by atoms with Gasteiger partial charge in [0.05, 0.1) is 0 Å². The number of aromatic nitrogens is 2. The number of carbonyl (C=O) groups is 1. The maximum Gasteiger partial charge on any atom is 0.266 e. The lowest BCUT2D eigenvalue weighted by Gasteiger charge is -1.80. The van der Waals surface area contributed by atoms with E-state index < -0.39 is 5.91 Å². The quantitative estimate of drug-likeness (QED) is 0.491. The number of amides is 1. The van der Waals surface area contributed by atoms with Crippen molar-refractivity contribution in [3.05, 3.63) is 18.0 Å². The third-order valence-electron chi connectivity index (χ3n) is 0.766. The molecule has 1 aromatic heterocycles. The molecule has 0 aromatic carbocycles. The Morgan fingerprint density at radius 3 is 2.67 bits per heavy atom. The lowest BCUT2D eigenvalue weighted by atomic mass is 10.4. The summed E-state index contributed by atoms with van der Waals surface area (Å²) < 4.78 is 0. The van der Waals surface area contributed by atoms with E-state index in [-0.39, 0.29) is 5.48 Å². The van der Waals surface area contributed by atoms with Crippen molar-refractivity contribution in [2.45, 2.75) is 0 Å². The molecule has 5 N–H and O–H groups in total. The average molecular weight is 129 g/mol. The van der Waals surface area contributed by atoms with Gasteiger partial charge in [-0.2, -0.15) is 5.10 Å². The molecule has 0 saturated heterocycles. The minimum atomic E-state index is -0.484. The summed E-state index contributed by atoms with van der Waals surface area (Å²) in [6.45, 7) is 0. The summed E-state index contributed by atoms with van der Waals surface area (Å²) in [6, 6.07) is 1.52. The molecule has 0 bridgehead atoms. The van der Waals surface area contributed by atoms with Gasteiger partial charge in [-0.1, -0.05) is 0 Å². The van der Waals surface area contributed by atoms with Gasteiger partial charge in [0.2, 0.25) is 0 Å². The summed E-state index contributed by atoms with van der Waals surface area (Å²) in [5.74, 6) is -0.484. The summed E-state index contributed by atoms with van der Waals surface area (Å²) in [5.41, 5.74) is 5.19. The van der Waals surface area contributed by atoms with Crippen molar-refractivity contribution in [3.63, 3.8) is 0 Å². The van der Waals surface area contributed by atoms with Gasteiger partial charge in [-0.05, 0) is 6.07 Å². The van der Waals surface area contributed by atoms with E-state index in [0.717, 1.165) is 0 Å². The topological polar surface area (TPSA) is 103 Å². The second-order valence-corrected chi connectivity index (χ2v) is 1.33. The van der Waals surface area contributed by atoms with E-state index >= 15 is 0 Å². The Labute approximate surface area is 51.2 Å². The van der Waals surface area contributed by atoms with Crippen LogP contribution in [0.3, 0.4) is 0 Å². The van der Waals surface area contributed by atoms with Gasteiger partial charge in [0.1, 0.15) is 5.69 Å². The minimum absolute atomic E-state index is 0. The molecule has 5 heteroatoms. The number of hydrogen-bond acceptors (Lipinski definition) is 2. The summed E-state index contributed by atoms with van der Waals surface area (Å²) >= 11 is 0. The first-order valence-electron chi connectivity index (χ1n) is 2.10. The summed E-state index contributed by atoms with van der Waals surface area (Å²) in [7, 11) is 0. The molecule has 0 saturated carbocycles. The molecule has 1 rings (SSSR count). The van der Waals surface area contributed by atoms with Crippen molar-refractivity contribution < 1.29 is 10.3 Å². The van der Waals surface area contributed by atoms with E-state index in [2.05, 4.69) is 10.2 Å². The van der Waals surface area contributed by atoms with Gasteiger partial charge in [0, 0.05) is 6.20 Å². The Kier molecular flexibility index (Phi) is 2.40. The molecule has 50 valence electrons. The number of aromatic amines is 1. The standard InChI is InChI=1S/C4H5N3O.H2O/c5-4(8)3-1-2-6-7-3;/h1-2H,(H2,5,8)(H,6,7);1H2. The smallest absolute Gasteiger partial charge is 0.266 e. The number of nitrogens with zero attached hydrogens (tertiary/aromatic N) is 1. The second-order valence-electron chi connectivity index (χ2n) is 1.33. The van der Waals surface area contributed by atoms with Gasteiger partial charge in [-0.15, -0.1) is 0 Å². The average Bonchev–Trinajstić information content (AvgIpc) is 2.12. The molecule has 0 unspecified atom stereocenters. The van der Waals surface area contributed by atoms with Crippen molar-refractivity contribution in [2.24, 2.45) is 5.73 Å². The highest BCUT2D eigenvalue weighted by atomic mass is 16.1. The van der Waals surface area contributed by atoms with E-state index in [0.29, 0.717) is 5.69 Å². The van der Waals surface area contributed by atoms with E-state index in [1.54, 1.807) is 0 Å². The van der Waals surface area contributed by atoms with E-state index in [1.165, 1.54) is 12.3 Å². The molecule has 1 aromatic rings. The highest BCUT2D eigenvalue weighted by Crippen LogP contribution is 1.85. The molecular weight excluding hydrogens is 122 g/mol. The molecule has 0 spiro atoms. The third-order valence-corrected chi connectivity index (χ3v) is 0.766. The van der Waals surface area contributed by atoms with Gasteiger partial charge in [-0.3, -0.25) is 9.89 Å². The van der Waals surface area contributed by atoms with Gasteiger partial charge in [0.15, 0.2) is 0 Å². The van der Waals surface area contributed by atoms with Crippen LogP contribution < -0.4 is 5.73 Å². The number of hydrogen-bond donors (Lipinski definition) is 2. The zero-order valence-corrected chi connectivity index (χ0v) is 4.59. The Hall–Kier alpha value is -1.36. The Balaban J connectivity index is 0.000000640. The van der Waals surface area contributed by atoms with Gasteiger partial charge >= 0.3 is 0 Å². The zero-order valence-electron chi connectivity index (χ0n) is 4.59. The molecule has 0 fully saturated rings. The fourth-order valence-electron chi connectivity index (χ4n) is 0.393. The van der Waals surface area contributed by atoms with Crippen molar-refractivity contribution in [3.8, 4) is 0 Å². The maximum absolute atomic E-state index is 10.2. The largest absolute Gasteiger partial charge is 0.412 e. The molecule has 5 nitrogen and oxygen atoms in total. The molecule has 0 aliphatic carbocycles. The molecule has 0 aliphatic rings. The number of H-pyrrole nitrogens is 1. The predicted molar refractivity (Wildman–Crippen MR) is 30.7 cm³/mol. The van der Waals surface area contributed by atoms with Crippen LogP contribution in [0.4, 0.5) is 0 Å². The van der Waals surface area contributed by atoms with Crippen LogP contribution >= 0.6 is 0 Å². The predicted octanol–water partition coefficient (Wildman–Crippen LogP) is -1.32. The van der Waals surface area contributed by atoms with Crippen molar-refractivity contribution in [2.75, 3.05) is 0 Å². The van der Waals surface area contributed by atoms with Crippen LogP contribution in [-0.4, -0.2) is 21.6 Å². The number of nitrogens with one attached hydrogen (secondary N) is 1. The lowest BCUT2D eigenvalue weighted by molar-refractivity contribution is 0.0995. The second kappa shape index (κ2) is 2.83. The number of nitrogens with two attached hydrogens (primary N) is 1. The summed E-state index contributed by atoms with van der Waals surface area (Å²) in [4.78, 5) is 10.2. The number of rotatable bonds is 1. The molecule has 1 amide bonds. The lowest BCUT2D eigenvalue weighted by Crippen LogP contribution is -2.10. The van der Waals surface area contributed by atoms with Gasteiger partial charge < -0.3 is 11.2 Å². The molecule has 0 atom stereocenters. The van der Waals surface area contributed by atoms with Crippen LogP contribution in [0.2, 0.25) is 0 Å². The molecule has 0 radical (unpaired) electrons. The molecule has 1 heterocycles. The molecule has 9 heavy (non-hydrogen) atoms. The van der Waals surface area contributed by atoms with E-state index in [4.69, 9.17) is 5.73 Å². The summed E-state index contributed by atoms with van der Waals surface area (Å²) in [6.07, 6.45) is 1.47. The Bertz CT molecular complexity index is 182. The van der Waals surface area contributed by atoms with E-state index in [1.807, 2.05) is 0 Å². The zero-order chi connectivity index (χ0) is 5.98.